The number of nitrogens with two attached hydrogens (primary N) is 1. The van der Waals surface area contributed by atoms with Crippen LogP contribution in [0.25, 0.3) is 10.9 Å². The molecule has 4 aromatic rings. The molecule has 0 bridgehead atoms. The van der Waals surface area contributed by atoms with Crippen LogP contribution in [-0.2, 0) is 17.8 Å². The van der Waals surface area contributed by atoms with E-state index < -0.39 is 5.91 Å². The summed E-state index contributed by atoms with van der Waals surface area (Å²) >= 11 is 1.14. The first-order valence-corrected chi connectivity index (χ1v) is 13.7. The standard InChI is InChI=1S/C18H16N2O2.C11H19N3O2S/c1-12-10-14(16-4-2-3-5-17(16)20-12)11-22-15-8-6-13(7-9-15)18(19)21;1-4-14(10(15)8(2)3)7-5-6-9-12-13-11(16)17-9/h2-10H,11H2,1H3,(H2,19,21);8H,4-7H2,1-3H3,(H,13,16). The van der Waals surface area contributed by atoms with Crippen molar-refractivity contribution in [2.24, 2.45) is 11.7 Å². The molecule has 0 aliphatic carbocycles. The van der Waals surface area contributed by atoms with Gasteiger partial charge in [0.2, 0.25) is 11.8 Å². The second-order valence-corrected chi connectivity index (χ2v) is 10.3. The number of nitrogens with zero attached hydrogens (tertiary/aromatic N) is 3. The van der Waals surface area contributed by atoms with Crippen molar-refractivity contribution in [1.82, 2.24) is 20.1 Å². The Hall–Kier alpha value is -4.05. The van der Waals surface area contributed by atoms with E-state index in [4.69, 9.17) is 10.5 Å². The van der Waals surface area contributed by atoms with Gasteiger partial charge in [-0.2, -0.15) is 5.10 Å². The summed E-state index contributed by atoms with van der Waals surface area (Å²) in [6.07, 6.45) is 1.58. The van der Waals surface area contributed by atoms with Gasteiger partial charge in [0.05, 0.1) is 5.52 Å². The van der Waals surface area contributed by atoms with Gasteiger partial charge in [-0.25, -0.2) is 5.10 Å². The van der Waals surface area contributed by atoms with Crippen LogP contribution < -0.4 is 15.3 Å². The fraction of sp³-hybridized carbons (Fsp3) is 0.345. The van der Waals surface area contributed by atoms with Crippen molar-refractivity contribution in [3.63, 3.8) is 0 Å². The molecule has 0 unspecified atom stereocenters. The van der Waals surface area contributed by atoms with Gasteiger partial charge in [-0.15, -0.1) is 0 Å². The number of hydrogen-bond donors (Lipinski definition) is 2. The predicted octanol–water partition coefficient (Wildman–Crippen LogP) is 4.49. The van der Waals surface area contributed by atoms with Gasteiger partial charge in [-0.1, -0.05) is 43.4 Å². The van der Waals surface area contributed by atoms with Crippen LogP contribution in [0.2, 0.25) is 0 Å². The highest BCUT2D eigenvalue weighted by Gasteiger charge is 2.15. The highest BCUT2D eigenvalue weighted by atomic mass is 32.1. The molecule has 2 aromatic heterocycles. The Morgan fingerprint density at radius 2 is 1.85 bits per heavy atom. The lowest BCUT2D eigenvalue weighted by Gasteiger charge is -2.22. The van der Waals surface area contributed by atoms with E-state index in [9.17, 15) is 14.4 Å². The second-order valence-electron chi connectivity index (χ2n) is 9.30. The summed E-state index contributed by atoms with van der Waals surface area (Å²) in [4.78, 5) is 39.9. The normalized spacial score (nSPS) is 10.7. The molecule has 39 heavy (non-hydrogen) atoms. The van der Waals surface area contributed by atoms with E-state index in [-0.39, 0.29) is 16.7 Å². The Morgan fingerprint density at radius 3 is 2.46 bits per heavy atom. The Morgan fingerprint density at radius 1 is 1.13 bits per heavy atom. The zero-order chi connectivity index (χ0) is 28.4. The maximum Gasteiger partial charge on any atom is 0.322 e. The van der Waals surface area contributed by atoms with Crippen molar-refractivity contribution >= 4 is 34.1 Å². The van der Waals surface area contributed by atoms with E-state index >= 15 is 0 Å². The van der Waals surface area contributed by atoms with E-state index in [1.165, 1.54) is 0 Å². The maximum absolute atomic E-state index is 11.8. The number of H-pyrrole nitrogens is 1. The van der Waals surface area contributed by atoms with Gasteiger partial charge in [-0.3, -0.25) is 19.4 Å². The molecule has 0 saturated heterocycles. The van der Waals surface area contributed by atoms with Gasteiger partial charge in [-0.05, 0) is 56.7 Å². The zero-order valence-corrected chi connectivity index (χ0v) is 23.6. The van der Waals surface area contributed by atoms with Crippen LogP contribution in [0.1, 0.15) is 53.8 Å². The summed E-state index contributed by atoms with van der Waals surface area (Å²) in [5.74, 6) is 0.477. The van der Waals surface area contributed by atoms with Crippen molar-refractivity contribution in [1.29, 1.82) is 0 Å². The average Bonchev–Trinajstić information content (AvgIpc) is 3.34. The van der Waals surface area contributed by atoms with Crippen molar-refractivity contribution in [3.8, 4) is 5.75 Å². The molecule has 206 valence electrons. The lowest BCUT2D eigenvalue weighted by atomic mass is 10.1. The highest BCUT2D eigenvalue weighted by molar-refractivity contribution is 7.08. The molecule has 3 N–H and O–H groups in total. The molecule has 2 aromatic carbocycles. The molecule has 10 heteroatoms. The fourth-order valence-electron chi connectivity index (χ4n) is 3.97. The minimum absolute atomic E-state index is 0.0383. The van der Waals surface area contributed by atoms with Crippen molar-refractivity contribution in [2.75, 3.05) is 13.1 Å². The number of para-hydroxylation sites is 1. The molecule has 4 rings (SSSR count). The number of nitrogens with one attached hydrogen (secondary N) is 1. The van der Waals surface area contributed by atoms with Crippen molar-refractivity contribution in [3.05, 3.63) is 86.1 Å². The third kappa shape index (κ3) is 8.75. The van der Waals surface area contributed by atoms with Crippen LogP contribution in [0, 0.1) is 12.8 Å². The topological polar surface area (TPSA) is 131 Å². The van der Waals surface area contributed by atoms with Crippen LogP contribution in [-0.4, -0.2) is 45.0 Å². The first-order chi connectivity index (χ1) is 18.7. The molecule has 0 aliphatic heterocycles. The van der Waals surface area contributed by atoms with Gasteiger partial charge in [0, 0.05) is 47.6 Å². The molecule has 0 saturated carbocycles. The molecule has 0 radical (unpaired) electrons. The van der Waals surface area contributed by atoms with Gasteiger partial charge in [0.1, 0.15) is 17.4 Å². The predicted molar refractivity (Wildman–Crippen MR) is 154 cm³/mol. The van der Waals surface area contributed by atoms with Gasteiger partial charge < -0.3 is 15.4 Å². The van der Waals surface area contributed by atoms with Gasteiger partial charge in [0.15, 0.2) is 0 Å². The van der Waals surface area contributed by atoms with E-state index in [1.54, 1.807) is 24.3 Å². The SMILES string of the molecule is CCN(CCCc1n[nH]c(=O)s1)C(=O)C(C)C.Cc1cc(COc2ccc(C(N)=O)cc2)c2ccccc2n1. The number of ether oxygens (including phenoxy) is 1. The highest BCUT2D eigenvalue weighted by Crippen LogP contribution is 2.21. The summed E-state index contributed by atoms with van der Waals surface area (Å²) in [7, 11) is 0. The van der Waals surface area contributed by atoms with Crippen LogP contribution >= 0.6 is 11.3 Å². The molecule has 2 amide bonds. The zero-order valence-electron chi connectivity index (χ0n) is 22.8. The largest absolute Gasteiger partial charge is 0.489 e. The molecule has 0 atom stereocenters. The number of amides is 2. The third-order valence-electron chi connectivity index (χ3n) is 5.95. The lowest BCUT2D eigenvalue weighted by Crippen LogP contribution is -2.35. The lowest BCUT2D eigenvalue weighted by molar-refractivity contribution is -0.134. The first kappa shape index (κ1) is 29.5. The molecule has 0 aliphatic rings. The fourth-order valence-corrected chi connectivity index (χ4v) is 4.61. The molecular formula is C29H35N5O4S. The van der Waals surface area contributed by atoms with E-state index in [1.807, 2.05) is 62.9 Å². The maximum atomic E-state index is 11.8. The summed E-state index contributed by atoms with van der Waals surface area (Å²) in [5.41, 5.74) is 8.70. The molecular weight excluding hydrogens is 514 g/mol. The van der Waals surface area contributed by atoms with Crippen molar-refractivity contribution in [2.45, 2.75) is 47.1 Å². The minimum Gasteiger partial charge on any atom is -0.489 e. The number of carbonyl (C=O) groups is 2. The minimum atomic E-state index is -0.442. The molecule has 0 fully saturated rings. The number of fused-ring (bicyclic) bond motifs is 1. The number of benzene rings is 2. The average molecular weight is 550 g/mol. The van der Waals surface area contributed by atoms with Crippen LogP contribution in [0.4, 0.5) is 0 Å². The monoisotopic (exact) mass is 549 g/mol. The van der Waals surface area contributed by atoms with Gasteiger partial charge >= 0.3 is 4.87 Å². The van der Waals surface area contributed by atoms with E-state index in [0.29, 0.717) is 17.9 Å². The quantitative estimate of drug-likeness (QED) is 0.300. The summed E-state index contributed by atoms with van der Waals surface area (Å²) in [6, 6.07) is 16.8. The summed E-state index contributed by atoms with van der Waals surface area (Å²) in [6.45, 7) is 9.66. The van der Waals surface area contributed by atoms with Crippen LogP contribution in [0.3, 0.4) is 0 Å². The Bertz CT molecular complexity index is 1450. The van der Waals surface area contributed by atoms with Crippen LogP contribution in [0.15, 0.2) is 59.4 Å². The Balaban J connectivity index is 0.000000224. The molecule has 2 heterocycles. The number of hydrogen-bond acceptors (Lipinski definition) is 7. The van der Waals surface area contributed by atoms with Gasteiger partial charge in [0.25, 0.3) is 0 Å². The Kier molecular flexibility index (Phi) is 10.7. The first-order valence-electron chi connectivity index (χ1n) is 12.9. The van der Waals surface area contributed by atoms with E-state index in [0.717, 1.165) is 64.4 Å². The number of rotatable bonds is 10. The van der Waals surface area contributed by atoms with E-state index in [2.05, 4.69) is 15.2 Å². The summed E-state index contributed by atoms with van der Waals surface area (Å²) in [5, 5.41) is 8.18. The summed E-state index contributed by atoms with van der Waals surface area (Å²) < 4.78 is 5.81. The number of aromatic nitrogens is 3. The number of carbonyl (C=O) groups excluding carboxylic acids is 2. The smallest absolute Gasteiger partial charge is 0.322 e. The number of aryl methyl sites for hydroxylation is 2. The second kappa shape index (κ2) is 14.2. The van der Waals surface area contributed by atoms with Crippen LogP contribution in [0.5, 0.6) is 5.75 Å². The van der Waals surface area contributed by atoms with Crippen molar-refractivity contribution < 1.29 is 14.3 Å². The molecule has 9 nitrogen and oxygen atoms in total. The number of aromatic amines is 1. The Labute approximate surface area is 232 Å². The number of pyridine rings is 1. The number of primary amides is 1. The molecule has 0 spiro atoms. The third-order valence-corrected chi connectivity index (χ3v) is 6.76.